The van der Waals surface area contributed by atoms with Gasteiger partial charge < -0.3 is 9.64 Å². The van der Waals surface area contributed by atoms with Crippen molar-refractivity contribution in [3.05, 3.63) is 46.7 Å². The third-order valence-electron chi connectivity index (χ3n) is 4.02. The van der Waals surface area contributed by atoms with Crippen molar-refractivity contribution in [3.63, 3.8) is 0 Å². The summed E-state index contributed by atoms with van der Waals surface area (Å²) in [5.74, 6) is 0.136. The van der Waals surface area contributed by atoms with Crippen molar-refractivity contribution in [2.24, 2.45) is 0 Å². The van der Waals surface area contributed by atoms with Crippen LogP contribution in [0.2, 0.25) is 0 Å². The van der Waals surface area contributed by atoms with Crippen LogP contribution in [0, 0.1) is 0 Å². The lowest BCUT2D eigenvalue weighted by molar-refractivity contribution is -0.129. The summed E-state index contributed by atoms with van der Waals surface area (Å²) in [7, 11) is 0. The molecule has 1 aromatic heterocycles. The van der Waals surface area contributed by atoms with Crippen molar-refractivity contribution in [1.29, 1.82) is 0 Å². The number of hydrogen-bond acceptors (Lipinski definition) is 5. The van der Waals surface area contributed by atoms with E-state index in [4.69, 9.17) is 4.74 Å². The van der Waals surface area contributed by atoms with E-state index in [2.05, 4.69) is 51.9 Å². The Bertz CT molecular complexity index is 737. The topological polar surface area (TPSA) is 55.3 Å². The Balaban J connectivity index is 1.50. The molecule has 138 valence electrons. The van der Waals surface area contributed by atoms with Crippen molar-refractivity contribution in [1.82, 2.24) is 14.9 Å². The highest BCUT2D eigenvalue weighted by Crippen LogP contribution is 2.23. The molecule has 0 unspecified atom stereocenters. The predicted octanol–water partition coefficient (Wildman–Crippen LogP) is 3.96. The first-order valence-corrected chi connectivity index (χ1v) is 10.3. The first-order chi connectivity index (χ1) is 12.5. The largest absolute Gasteiger partial charge is 0.458 e. The summed E-state index contributed by atoms with van der Waals surface area (Å²) in [6.45, 7) is 5.64. The Morgan fingerprint density at radius 2 is 2.00 bits per heavy atom. The van der Waals surface area contributed by atoms with Gasteiger partial charge in [-0.3, -0.25) is 4.79 Å². The number of halogens is 1. The zero-order valence-corrected chi connectivity index (χ0v) is 17.3. The highest BCUT2D eigenvalue weighted by molar-refractivity contribution is 9.10. The van der Waals surface area contributed by atoms with Gasteiger partial charge in [0.25, 0.3) is 0 Å². The maximum Gasteiger partial charge on any atom is 0.316 e. The van der Waals surface area contributed by atoms with Gasteiger partial charge in [-0.05, 0) is 33.6 Å². The van der Waals surface area contributed by atoms with E-state index in [-0.39, 0.29) is 12.0 Å². The molecule has 3 rings (SSSR count). The molecule has 1 amide bonds. The van der Waals surface area contributed by atoms with E-state index >= 15 is 0 Å². The molecule has 0 spiro atoms. The average Bonchev–Trinajstić information content (AvgIpc) is 3.07. The summed E-state index contributed by atoms with van der Waals surface area (Å²) in [4.78, 5) is 23.9. The van der Waals surface area contributed by atoms with Gasteiger partial charge in [0, 0.05) is 35.5 Å². The molecule has 0 saturated carbocycles. The van der Waals surface area contributed by atoms with E-state index in [9.17, 15) is 4.79 Å². The maximum absolute atomic E-state index is 12.5. The Kier molecular flexibility index (Phi) is 6.53. The molecule has 1 saturated heterocycles. The number of amides is 1. The number of benzene rings is 1. The summed E-state index contributed by atoms with van der Waals surface area (Å²) in [6, 6.07) is 8.62. The molecule has 0 radical (unpaired) electrons. The lowest BCUT2D eigenvalue weighted by atomic mass is 10.1. The molecular weight excluding hydrogens is 414 g/mol. The van der Waals surface area contributed by atoms with Gasteiger partial charge in [-0.15, -0.1) is 11.8 Å². The summed E-state index contributed by atoms with van der Waals surface area (Å²) < 4.78 is 6.58. The van der Waals surface area contributed by atoms with Gasteiger partial charge in [-0.1, -0.05) is 26.0 Å². The minimum Gasteiger partial charge on any atom is -0.458 e. The molecular formula is C19H22BrN3O2S. The van der Waals surface area contributed by atoms with E-state index < -0.39 is 0 Å². The van der Waals surface area contributed by atoms with Crippen LogP contribution in [0.3, 0.4) is 0 Å². The first kappa shape index (κ1) is 19.2. The number of likely N-dealkylation sites (tertiary alicyclic amines) is 1. The van der Waals surface area contributed by atoms with E-state index in [1.54, 1.807) is 12.4 Å². The van der Waals surface area contributed by atoms with Crippen LogP contribution in [-0.2, 0) is 11.2 Å². The SMILES string of the molecule is CC(C)Sc1ccc(CC(=O)N2CC[C@H](Oc3ncc(Br)cn3)C2)cc1. The molecule has 1 fully saturated rings. The van der Waals surface area contributed by atoms with E-state index in [0.29, 0.717) is 30.8 Å². The van der Waals surface area contributed by atoms with E-state index in [0.717, 1.165) is 16.5 Å². The number of carbonyl (C=O) groups is 1. The third-order valence-corrected chi connectivity index (χ3v) is 5.44. The quantitative estimate of drug-likeness (QED) is 0.642. The fraction of sp³-hybridized carbons (Fsp3) is 0.421. The number of ether oxygens (including phenoxy) is 1. The molecule has 1 aliphatic heterocycles. The lowest BCUT2D eigenvalue weighted by Gasteiger charge is -2.17. The number of nitrogens with zero attached hydrogens (tertiary/aromatic N) is 3. The van der Waals surface area contributed by atoms with Gasteiger partial charge in [0.1, 0.15) is 6.10 Å². The Labute approximate surface area is 166 Å². The minimum absolute atomic E-state index is 0.0510. The van der Waals surface area contributed by atoms with Crippen LogP contribution in [-0.4, -0.2) is 45.2 Å². The Morgan fingerprint density at radius 1 is 1.31 bits per heavy atom. The zero-order valence-electron chi connectivity index (χ0n) is 14.9. The molecule has 5 nitrogen and oxygen atoms in total. The van der Waals surface area contributed by atoms with Crippen LogP contribution in [0.4, 0.5) is 0 Å². The molecule has 26 heavy (non-hydrogen) atoms. The van der Waals surface area contributed by atoms with Gasteiger partial charge in [0.2, 0.25) is 5.91 Å². The van der Waals surface area contributed by atoms with Gasteiger partial charge in [-0.25, -0.2) is 9.97 Å². The van der Waals surface area contributed by atoms with Crippen molar-refractivity contribution in [3.8, 4) is 6.01 Å². The van der Waals surface area contributed by atoms with Gasteiger partial charge in [-0.2, -0.15) is 0 Å². The summed E-state index contributed by atoms with van der Waals surface area (Å²) in [6.07, 6.45) is 4.48. The lowest BCUT2D eigenvalue weighted by Crippen LogP contribution is -2.32. The highest BCUT2D eigenvalue weighted by atomic mass is 79.9. The summed E-state index contributed by atoms with van der Waals surface area (Å²) in [5, 5.41) is 0.554. The van der Waals surface area contributed by atoms with Gasteiger partial charge in [0.05, 0.1) is 17.4 Å². The molecule has 0 N–H and O–H groups in total. The van der Waals surface area contributed by atoms with Crippen LogP contribution in [0.5, 0.6) is 6.01 Å². The van der Waals surface area contributed by atoms with Crippen molar-refractivity contribution in [2.45, 2.75) is 42.9 Å². The summed E-state index contributed by atoms with van der Waals surface area (Å²) in [5.41, 5.74) is 1.05. The molecule has 2 heterocycles. The second kappa shape index (κ2) is 8.86. The fourth-order valence-electron chi connectivity index (χ4n) is 2.81. The number of thioether (sulfide) groups is 1. The van der Waals surface area contributed by atoms with E-state index in [1.807, 2.05) is 28.8 Å². The van der Waals surface area contributed by atoms with Crippen LogP contribution in [0.1, 0.15) is 25.8 Å². The zero-order chi connectivity index (χ0) is 18.5. The molecule has 0 bridgehead atoms. The monoisotopic (exact) mass is 435 g/mol. The normalized spacial score (nSPS) is 16.9. The molecule has 2 aromatic rings. The second-order valence-electron chi connectivity index (χ2n) is 6.54. The molecule has 1 aliphatic rings. The van der Waals surface area contributed by atoms with Gasteiger partial charge >= 0.3 is 6.01 Å². The fourth-order valence-corrected chi connectivity index (χ4v) is 3.85. The molecule has 1 aromatic carbocycles. The molecule has 0 aliphatic carbocycles. The first-order valence-electron chi connectivity index (χ1n) is 8.67. The van der Waals surface area contributed by atoms with Crippen LogP contribution >= 0.6 is 27.7 Å². The maximum atomic E-state index is 12.5. The number of aromatic nitrogens is 2. The summed E-state index contributed by atoms with van der Waals surface area (Å²) >= 11 is 5.13. The van der Waals surface area contributed by atoms with Crippen LogP contribution in [0.15, 0.2) is 46.0 Å². The van der Waals surface area contributed by atoms with Crippen LogP contribution in [0.25, 0.3) is 0 Å². The molecule has 7 heteroatoms. The standard InChI is InChI=1S/C19H22BrN3O2S/c1-13(2)26-17-5-3-14(4-6-17)9-18(24)23-8-7-16(12-23)25-19-21-10-15(20)11-22-19/h3-6,10-11,13,16H,7-9,12H2,1-2H3/t16-/m0/s1. The number of hydrogen-bond donors (Lipinski definition) is 0. The molecule has 1 atom stereocenters. The third kappa shape index (κ3) is 5.45. The van der Waals surface area contributed by atoms with Crippen molar-refractivity contribution in [2.75, 3.05) is 13.1 Å². The smallest absolute Gasteiger partial charge is 0.316 e. The number of rotatable bonds is 6. The highest BCUT2D eigenvalue weighted by Gasteiger charge is 2.28. The van der Waals surface area contributed by atoms with Crippen molar-refractivity contribution >= 4 is 33.6 Å². The van der Waals surface area contributed by atoms with E-state index in [1.165, 1.54) is 4.90 Å². The minimum atomic E-state index is -0.0510. The van der Waals surface area contributed by atoms with Gasteiger partial charge in [0.15, 0.2) is 0 Å². The second-order valence-corrected chi connectivity index (χ2v) is 9.11. The Hall–Kier alpha value is -1.60. The predicted molar refractivity (Wildman–Crippen MR) is 106 cm³/mol. The van der Waals surface area contributed by atoms with Crippen LogP contribution < -0.4 is 4.74 Å². The average molecular weight is 436 g/mol. The Morgan fingerprint density at radius 3 is 2.65 bits per heavy atom. The van der Waals surface area contributed by atoms with Crippen molar-refractivity contribution < 1.29 is 9.53 Å². The number of carbonyl (C=O) groups excluding carboxylic acids is 1.